The summed E-state index contributed by atoms with van der Waals surface area (Å²) in [6.07, 6.45) is -0.688. The van der Waals surface area contributed by atoms with Crippen LogP contribution in [0.15, 0.2) is 30.3 Å². The van der Waals surface area contributed by atoms with Crippen LogP contribution in [-0.4, -0.2) is 29.5 Å². The lowest BCUT2D eigenvalue weighted by Gasteiger charge is -2.14. The standard InChI is InChI=1S/C13H17NO2S/c1-9(14-7-11(16)8-15)13-6-10-4-2-3-5-12(10)17-13/h2-6,9,11,14-16H,7-8H2,1H3. The van der Waals surface area contributed by atoms with Crippen LogP contribution in [0.5, 0.6) is 0 Å². The van der Waals surface area contributed by atoms with Crippen LogP contribution in [0.25, 0.3) is 10.1 Å². The van der Waals surface area contributed by atoms with E-state index in [0.717, 1.165) is 0 Å². The van der Waals surface area contributed by atoms with E-state index in [-0.39, 0.29) is 12.6 Å². The Kier molecular flexibility index (Phi) is 4.12. The number of benzene rings is 1. The van der Waals surface area contributed by atoms with Crippen molar-refractivity contribution in [2.24, 2.45) is 0 Å². The maximum absolute atomic E-state index is 9.28. The molecule has 0 bridgehead atoms. The van der Waals surface area contributed by atoms with Gasteiger partial charge < -0.3 is 15.5 Å². The van der Waals surface area contributed by atoms with Crippen molar-refractivity contribution >= 4 is 21.4 Å². The lowest BCUT2D eigenvalue weighted by molar-refractivity contribution is 0.0925. The topological polar surface area (TPSA) is 52.5 Å². The average Bonchev–Trinajstić information content (AvgIpc) is 2.79. The Morgan fingerprint density at radius 1 is 1.35 bits per heavy atom. The van der Waals surface area contributed by atoms with Gasteiger partial charge >= 0.3 is 0 Å². The molecule has 2 aromatic rings. The van der Waals surface area contributed by atoms with Crippen LogP contribution in [0.2, 0.25) is 0 Å². The van der Waals surface area contributed by atoms with E-state index in [2.05, 4.69) is 30.4 Å². The highest BCUT2D eigenvalue weighted by molar-refractivity contribution is 7.19. The largest absolute Gasteiger partial charge is 0.394 e. The normalized spacial score (nSPS) is 15.0. The second kappa shape index (κ2) is 5.60. The van der Waals surface area contributed by atoms with Gasteiger partial charge in [-0.25, -0.2) is 0 Å². The van der Waals surface area contributed by atoms with Gasteiger partial charge in [-0.1, -0.05) is 18.2 Å². The summed E-state index contributed by atoms with van der Waals surface area (Å²) in [6, 6.07) is 10.6. The number of nitrogens with one attached hydrogen (secondary N) is 1. The summed E-state index contributed by atoms with van der Waals surface area (Å²) in [5.74, 6) is 0. The first-order valence-electron chi connectivity index (χ1n) is 5.71. The number of thiophene rings is 1. The van der Waals surface area contributed by atoms with E-state index in [9.17, 15) is 5.11 Å². The van der Waals surface area contributed by atoms with E-state index in [4.69, 9.17) is 5.11 Å². The zero-order valence-electron chi connectivity index (χ0n) is 9.76. The van der Waals surface area contributed by atoms with Crippen molar-refractivity contribution in [3.05, 3.63) is 35.2 Å². The van der Waals surface area contributed by atoms with Crippen molar-refractivity contribution < 1.29 is 10.2 Å². The summed E-state index contributed by atoms with van der Waals surface area (Å²) >= 11 is 1.76. The summed E-state index contributed by atoms with van der Waals surface area (Å²) in [4.78, 5) is 1.25. The van der Waals surface area contributed by atoms with Crippen LogP contribution in [0.4, 0.5) is 0 Å². The molecule has 4 heteroatoms. The molecule has 3 N–H and O–H groups in total. The fraction of sp³-hybridized carbons (Fsp3) is 0.385. The fourth-order valence-corrected chi connectivity index (χ4v) is 2.79. The van der Waals surface area contributed by atoms with E-state index in [1.165, 1.54) is 15.0 Å². The van der Waals surface area contributed by atoms with Gasteiger partial charge in [0.25, 0.3) is 0 Å². The molecule has 0 aliphatic rings. The first kappa shape index (κ1) is 12.5. The van der Waals surface area contributed by atoms with Gasteiger partial charge in [-0.2, -0.15) is 0 Å². The lowest BCUT2D eigenvalue weighted by atomic mass is 10.2. The Bertz CT molecular complexity index is 450. The number of hydrogen-bond donors (Lipinski definition) is 3. The number of rotatable bonds is 5. The van der Waals surface area contributed by atoms with Gasteiger partial charge in [0.2, 0.25) is 0 Å². The Balaban J connectivity index is 2.06. The minimum atomic E-state index is -0.688. The van der Waals surface area contributed by atoms with Gasteiger partial charge in [-0.3, -0.25) is 0 Å². The lowest BCUT2D eigenvalue weighted by Crippen LogP contribution is -2.30. The number of aliphatic hydroxyl groups excluding tert-OH is 2. The highest BCUT2D eigenvalue weighted by atomic mass is 32.1. The Morgan fingerprint density at radius 3 is 2.82 bits per heavy atom. The molecule has 0 amide bonds. The molecule has 92 valence electrons. The second-order valence-electron chi connectivity index (χ2n) is 4.15. The summed E-state index contributed by atoms with van der Waals surface area (Å²) in [7, 11) is 0. The van der Waals surface area contributed by atoms with Gasteiger partial charge in [-0.15, -0.1) is 11.3 Å². The van der Waals surface area contributed by atoms with Gasteiger partial charge in [0, 0.05) is 22.2 Å². The highest BCUT2D eigenvalue weighted by Crippen LogP contribution is 2.29. The van der Waals surface area contributed by atoms with Crippen LogP contribution in [-0.2, 0) is 0 Å². The smallest absolute Gasteiger partial charge is 0.0895 e. The number of fused-ring (bicyclic) bond motifs is 1. The van der Waals surface area contributed by atoms with Crippen LogP contribution in [0.3, 0.4) is 0 Å². The van der Waals surface area contributed by atoms with E-state index < -0.39 is 6.10 Å². The van der Waals surface area contributed by atoms with E-state index in [0.29, 0.717) is 6.54 Å². The van der Waals surface area contributed by atoms with Crippen molar-refractivity contribution in [1.82, 2.24) is 5.32 Å². The Morgan fingerprint density at radius 2 is 2.12 bits per heavy atom. The minimum Gasteiger partial charge on any atom is -0.394 e. The molecule has 0 saturated heterocycles. The van der Waals surface area contributed by atoms with E-state index in [1.807, 2.05) is 12.1 Å². The quantitative estimate of drug-likeness (QED) is 0.761. The predicted octanol–water partition coefficient (Wildman–Crippen LogP) is 1.91. The summed E-state index contributed by atoms with van der Waals surface area (Å²) in [6.45, 7) is 2.27. The summed E-state index contributed by atoms with van der Waals surface area (Å²) in [5, 5.41) is 22.5. The summed E-state index contributed by atoms with van der Waals surface area (Å²) in [5.41, 5.74) is 0. The average molecular weight is 251 g/mol. The van der Waals surface area contributed by atoms with E-state index >= 15 is 0 Å². The Hall–Kier alpha value is -0.940. The molecule has 0 saturated carbocycles. The predicted molar refractivity (Wildman–Crippen MR) is 71.3 cm³/mol. The maximum atomic E-state index is 9.28. The molecule has 0 spiro atoms. The molecular formula is C13H17NO2S. The molecule has 0 aliphatic heterocycles. The minimum absolute atomic E-state index is 0.189. The molecule has 2 rings (SSSR count). The zero-order chi connectivity index (χ0) is 12.3. The number of hydrogen-bond acceptors (Lipinski definition) is 4. The van der Waals surface area contributed by atoms with Gasteiger partial charge in [0.1, 0.15) is 0 Å². The molecule has 2 unspecified atom stereocenters. The summed E-state index contributed by atoms with van der Waals surface area (Å²) < 4.78 is 1.28. The van der Waals surface area contributed by atoms with Crippen molar-refractivity contribution in [3.63, 3.8) is 0 Å². The highest BCUT2D eigenvalue weighted by Gasteiger charge is 2.10. The van der Waals surface area contributed by atoms with Crippen molar-refractivity contribution in [2.45, 2.75) is 19.1 Å². The number of aliphatic hydroxyl groups is 2. The van der Waals surface area contributed by atoms with Crippen LogP contribution >= 0.6 is 11.3 Å². The molecule has 3 nitrogen and oxygen atoms in total. The van der Waals surface area contributed by atoms with Gasteiger partial charge in [0.15, 0.2) is 0 Å². The third-order valence-electron chi connectivity index (χ3n) is 2.74. The molecule has 1 aromatic heterocycles. The molecular weight excluding hydrogens is 234 g/mol. The molecule has 17 heavy (non-hydrogen) atoms. The van der Waals surface area contributed by atoms with Gasteiger partial charge in [-0.05, 0) is 24.4 Å². The maximum Gasteiger partial charge on any atom is 0.0895 e. The SMILES string of the molecule is CC(NCC(O)CO)c1cc2ccccc2s1. The Labute approximate surface area is 105 Å². The fourth-order valence-electron chi connectivity index (χ4n) is 1.69. The van der Waals surface area contributed by atoms with Crippen LogP contribution in [0.1, 0.15) is 17.8 Å². The molecule has 0 fully saturated rings. The van der Waals surface area contributed by atoms with Crippen molar-refractivity contribution in [2.75, 3.05) is 13.2 Å². The molecule has 0 aliphatic carbocycles. The van der Waals surface area contributed by atoms with Crippen molar-refractivity contribution in [1.29, 1.82) is 0 Å². The first-order chi connectivity index (χ1) is 8.20. The van der Waals surface area contributed by atoms with Crippen LogP contribution < -0.4 is 5.32 Å². The van der Waals surface area contributed by atoms with Crippen LogP contribution in [0, 0.1) is 0 Å². The third-order valence-corrected chi connectivity index (χ3v) is 4.04. The third kappa shape index (κ3) is 3.04. The molecule has 1 heterocycles. The van der Waals surface area contributed by atoms with E-state index in [1.54, 1.807) is 11.3 Å². The molecule has 1 aromatic carbocycles. The first-order valence-corrected chi connectivity index (χ1v) is 6.53. The van der Waals surface area contributed by atoms with Gasteiger partial charge in [0.05, 0.1) is 12.7 Å². The monoisotopic (exact) mass is 251 g/mol. The molecule has 0 radical (unpaired) electrons. The zero-order valence-corrected chi connectivity index (χ0v) is 10.6. The second-order valence-corrected chi connectivity index (χ2v) is 5.27. The van der Waals surface area contributed by atoms with Crippen molar-refractivity contribution in [3.8, 4) is 0 Å². The molecule has 2 atom stereocenters.